The molecule has 0 aliphatic carbocycles. The van der Waals surface area contributed by atoms with Crippen LogP contribution in [0.4, 0.5) is 5.13 Å². The molecule has 1 aromatic carbocycles. The van der Waals surface area contributed by atoms with Crippen LogP contribution in [0.2, 0.25) is 0 Å². The molecule has 0 unspecified atom stereocenters. The van der Waals surface area contributed by atoms with Crippen LogP contribution in [0.15, 0.2) is 18.2 Å². The van der Waals surface area contributed by atoms with Gasteiger partial charge in [-0.15, -0.1) is 0 Å². The van der Waals surface area contributed by atoms with Gasteiger partial charge in [0.05, 0.1) is 16.6 Å². The highest BCUT2D eigenvalue weighted by Crippen LogP contribution is 2.27. The number of hydrogen-bond acceptors (Lipinski definition) is 5. The van der Waals surface area contributed by atoms with Crippen molar-refractivity contribution in [3.8, 4) is 0 Å². The van der Waals surface area contributed by atoms with E-state index in [4.69, 9.17) is 4.74 Å². The van der Waals surface area contributed by atoms with Gasteiger partial charge in [-0.05, 0) is 31.0 Å². The molecule has 0 bridgehead atoms. The normalized spacial score (nSPS) is 10.8. The number of nitrogens with zero attached hydrogens (tertiary/aromatic N) is 1. The van der Waals surface area contributed by atoms with Gasteiger partial charge in [0.2, 0.25) is 11.8 Å². The highest BCUT2D eigenvalue weighted by molar-refractivity contribution is 7.22. The molecule has 0 aliphatic rings. The van der Waals surface area contributed by atoms with Gasteiger partial charge in [0.15, 0.2) is 5.13 Å². The smallest absolute Gasteiger partial charge is 0.225 e. The molecule has 2 amide bonds. The SMILES string of the molecule is CCOCCCNC(=O)Cc1ccc2nc(NC(=O)CC)sc2c1. The summed E-state index contributed by atoms with van der Waals surface area (Å²) in [5.74, 6) is -0.0596. The number of aromatic nitrogens is 1. The Kier molecular flexibility index (Phi) is 7.14. The molecule has 6 nitrogen and oxygen atoms in total. The Labute approximate surface area is 145 Å². The molecule has 2 N–H and O–H groups in total. The topological polar surface area (TPSA) is 80.3 Å². The molecule has 2 aromatic rings. The molecule has 0 saturated carbocycles. The monoisotopic (exact) mass is 349 g/mol. The van der Waals surface area contributed by atoms with E-state index in [1.807, 2.05) is 25.1 Å². The van der Waals surface area contributed by atoms with Crippen LogP contribution in [0.1, 0.15) is 32.3 Å². The van der Waals surface area contributed by atoms with Crippen LogP contribution >= 0.6 is 11.3 Å². The molecule has 0 atom stereocenters. The van der Waals surface area contributed by atoms with Crippen molar-refractivity contribution in [1.29, 1.82) is 0 Å². The third-order valence-electron chi connectivity index (χ3n) is 3.38. The second-order valence-corrected chi connectivity index (χ2v) is 6.33. The number of carbonyl (C=O) groups excluding carboxylic acids is 2. The van der Waals surface area contributed by atoms with Crippen molar-refractivity contribution in [2.45, 2.75) is 33.1 Å². The summed E-state index contributed by atoms with van der Waals surface area (Å²) in [7, 11) is 0. The van der Waals surface area contributed by atoms with Gasteiger partial charge in [0.1, 0.15) is 0 Å². The van der Waals surface area contributed by atoms with Gasteiger partial charge in [-0.3, -0.25) is 9.59 Å². The summed E-state index contributed by atoms with van der Waals surface area (Å²) in [5.41, 5.74) is 1.76. The van der Waals surface area contributed by atoms with E-state index in [1.54, 1.807) is 6.92 Å². The van der Waals surface area contributed by atoms with Crippen LogP contribution in [0.3, 0.4) is 0 Å². The molecule has 0 fully saturated rings. The van der Waals surface area contributed by atoms with E-state index in [-0.39, 0.29) is 11.8 Å². The predicted molar refractivity (Wildman–Crippen MR) is 96.4 cm³/mol. The third kappa shape index (κ3) is 5.58. The first-order valence-corrected chi connectivity index (χ1v) is 8.97. The molecule has 0 spiro atoms. The highest BCUT2D eigenvalue weighted by atomic mass is 32.1. The standard InChI is InChI=1S/C17H23N3O3S/c1-3-15(21)20-17-19-13-7-6-12(10-14(13)24-17)11-16(22)18-8-5-9-23-4-2/h6-7,10H,3-5,8-9,11H2,1-2H3,(H,18,22)(H,19,20,21). The zero-order valence-corrected chi connectivity index (χ0v) is 14.9. The number of thiazole rings is 1. The van der Waals surface area contributed by atoms with Crippen molar-refractivity contribution >= 4 is 38.5 Å². The minimum atomic E-state index is -0.0549. The quantitative estimate of drug-likeness (QED) is 0.682. The lowest BCUT2D eigenvalue weighted by Crippen LogP contribution is -2.26. The maximum Gasteiger partial charge on any atom is 0.225 e. The number of benzene rings is 1. The van der Waals surface area contributed by atoms with E-state index in [0.717, 1.165) is 22.2 Å². The first-order chi connectivity index (χ1) is 11.6. The fraction of sp³-hybridized carbons (Fsp3) is 0.471. The Morgan fingerprint density at radius 3 is 2.83 bits per heavy atom. The molecule has 0 radical (unpaired) electrons. The summed E-state index contributed by atoms with van der Waals surface area (Å²) < 4.78 is 6.19. The average Bonchev–Trinajstić information content (AvgIpc) is 2.95. The molecule has 0 aliphatic heterocycles. The summed E-state index contributed by atoms with van der Waals surface area (Å²) in [6, 6.07) is 5.73. The van der Waals surface area contributed by atoms with E-state index in [1.165, 1.54) is 11.3 Å². The van der Waals surface area contributed by atoms with E-state index in [9.17, 15) is 9.59 Å². The van der Waals surface area contributed by atoms with Gasteiger partial charge in [-0.1, -0.05) is 24.3 Å². The van der Waals surface area contributed by atoms with Crippen molar-refractivity contribution < 1.29 is 14.3 Å². The number of nitrogens with one attached hydrogen (secondary N) is 2. The fourth-order valence-corrected chi connectivity index (χ4v) is 3.08. The van der Waals surface area contributed by atoms with Gasteiger partial charge in [-0.2, -0.15) is 0 Å². The highest BCUT2D eigenvalue weighted by Gasteiger charge is 2.09. The second kappa shape index (κ2) is 9.34. The summed E-state index contributed by atoms with van der Waals surface area (Å²) in [6.45, 7) is 5.73. The first-order valence-electron chi connectivity index (χ1n) is 8.16. The van der Waals surface area contributed by atoms with E-state index >= 15 is 0 Å². The lowest BCUT2D eigenvalue weighted by atomic mass is 10.1. The average molecular weight is 349 g/mol. The van der Waals surface area contributed by atoms with Gasteiger partial charge >= 0.3 is 0 Å². The summed E-state index contributed by atoms with van der Waals surface area (Å²) in [4.78, 5) is 27.8. The lowest BCUT2D eigenvalue weighted by Gasteiger charge is -2.05. The van der Waals surface area contributed by atoms with E-state index in [0.29, 0.717) is 37.7 Å². The molecular formula is C17H23N3O3S. The van der Waals surface area contributed by atoms with Gasteiger partial charge in [-0.25, -0.2) is 4.98 Å². The summed E-state index contributed by atoms with van der Waals surface area (Å²) in [6.07, 6.45) is 1.57. The number of ether oxygens (including phenoxy) is 1. The molecule has 0 saturated heterocycles. The van der Waals surface area contributed by atoms with Crippen molar-refractivity contribution in [3.63, 3.8) is 0 Å². The van der Waals surface area contributed by atoms with E-state index in [2.05, 4.69) is 15.6 Å². The van der Waals surface area contributed by atoms with Gasteiger partial charge < -0.3 is 15.4 Å². The predicted octanol–water partition coefficient (Wildman–Crippen LogP) is 2.73. The second-order valence-electron chi connectivity index (χ2n) is 5.30. The Morgan fingerprint density at radius 2 is 2.08 bits per heavy atom. The van der Waals surface area contributed by atoms with Crippen LogP contribution < -0.4 is 10.6 Å². The maximum atomic E-state index is 11.9. The molecule has 7 heteroatoms. The maximum absolute atomic E-state index is 11.9. The van der Waals surface area contributed by atoms with Crippen molar-refractivity contribution in [2.24, 2.45) is 0 Å². The minimum absolute atomic E-state index is 0.00475. The van der Waals surface area contributed by atoms with Crippen LogP contribution in [0.5, 0.6) is 0 Å². The molecule has 1 heterocycles. The largest absolute Gasteiger partial charge is 0.382 e. The third-order valence-corrected chi connectivity index (χ3v) is 4.31. The molecule has 130 valence electrons. The first kappa shape index (κ1) is 18.4. The fourth-order valence-electron chi connectivity index (χ4n) is 2.13. The number of anilines is 1. The van der Waals surface area contributed by atoms with Crippen molar-refractivity contribution in [2.75, 3.05) is 25.1 Å². The van der Waals surface area contributed by atoms with E-state index < -0.39 is 0 Å². The zero-order valence-electron chi connectivity index (χ0n) is 14.1. The molecule has 2 rings (SSSR count). The van der Waals surface area contributed by atoms with Crippen molar-refractivity contribution in [3.05, 3.63) is 23.8 Å². The Morgan fingerprint density at radius 1 is 1.25 bits per heavy atom. The number of rotatable bonds is 9. The van der Waals surface area contributed by atoms with Crippen molar-refractivity contribution in [1.82, 2.24) is 10.3 Å². The van der Waals surface area contributed by atoms with Crippen LogP contribution in [0, 0.1) is 0 Å². The lowest BCUT2D eigenvalue weighted by molar-refractivity contribution is -0.120. The van der Waals surface area contributed by atoms with Gasteiger partial charge in [0.25, 0.3) is 0 Å². The number of amides is 2. The zero-order chi connectivity index (χ0) is 17.4. The molecule has 1 aromatic heterocycles. The Bertz CT molecular complexity index is 699. The summed E-state index contributed by atoms with van der Waals surface area (Å²) >= 11 is 1.42. The van der Waals surface area contributed by atoms with Crippen LogP contribution in [-0.4, -0.2) is 36.6 Å². The Hall–Kier alpha value is -1.99. The molecular weight excluding hydrogens is 326 g/mol. The number of fused-ring (bicyclic) bond motifs is 1. The number of carbonyl (C=O) groups is 2. The minimum Gasteiger partial charge on any atom is -0.382 e. The van der Waals surface area contributed by atoms with Gasteiger partial charge in [0, 0.05) is 26.2 Å². The summed E-state index contributed by atoms with van der Waals surface area (Å²) in [5, 5.41) is 6.24. The number of hydrogen-bond donors (Lipinski definition) is 2. The van der Waals surface area contributed by atoms with Crippen LogP contribution in [0.25, 0.3) is 10.2 Å². The van der Waals surface area contributed by atoms with Crippen LogP contribution in [-0.2, 0) is 20.7 Å². The molecule has 24 heavy (non-hydrogen) atoms. The Balaban J connectivity index is 1.90.